The van der Waals surface area contributed by atoms with E-state index in [1.165, 1.54) is 5.56 Å². The van der Waals surface area contributed by atoms with Gasteiger partial charge in [0.2, 0.25) is 0 Å². The van der Waals surface area contributed by atoms with Gasteiger partial charge in [-0.3, -0.25) is 5.11 Å². The van der Waals surface area contributed by atoms with Crippen LogP contribution in [0.4, 0.5) is 0 Å². The highest BCUT2D eigenvalue weighted by atomic mass is 16.6. The number of ether oxygens (including phenoxy) is 1. The van der Waals surface area contributed by atoms with Crippen LogP contribution in [0.3, 0.4) is 0 Å². The van der Waals surface area contributed by atoms with Gasteiger partial charge in [-0.25, -0.2) is 0 Å². The highest BCUT2D eigenvalue weighted by molar-refractivity contribution is 5.26. The summed E-state index contributed by atoms with van der Waals surface area (Å²) < 4.78 is 5.06. The molecule has 1 atom stereocenters. The molecule has 0 spiro atoms. The zero-order chi connectivity index (χ0) is 7.68. The molecular weight excluding hydrogens is 140 g/mol. The summed E-state index contributed by atoms with van der Waals surface area (Å²) >= 11 is 0. The summed E-state index contributed by atoms with van der Waals surface area (Å²) in [5.41, 5.74) is 1.19. The minimum absolute atomic E-state index is 0.0745. The van der Waals surface area contributed by atoms with Gasteiger partial charge in [-0.2, -0.15) is 0 Å². The van der Waals surface area contributed by atoms with Crippen molar-refractivity contribution in [3.8, 4) is 5.75 Å². The quantitative estimate of drug-likeness (QED) is 0.590. The van der Waals surface area contributed by atoms with Crippen LogP contribution in [0.2, 0.25) is 0 Å². The Bertz CT molecular complexity index is 236. The van der Waals surface area contributed by atoms with Crippen molar-refractivity contribution in [2.24, 2.45) is 0 Å². The largest absolute Gasteiger partial charge is 0.373 e. The van der Waals surface area contributed by atoms with E-state index in [1.54, 1.807) is 12.1 Å². The summed E-state index contributed by atoms with van der Waals surface area (Å²) in [4.78, 5) is 0. The Morgan fingerprint density at radius 3 is 2.55 bits per heavy atom. The standard InChI is InChI=1S/C9H9O2/c10-8-3-1-7(2-4-8)5-9-6-11-9/h1-4,9H,5-6H2. The Labute approximate surface area is 65.4 Å². The smallest absolute Gasteiger partial charge is 0.178 e. The van der Waals surface area contributed by atoms with Crippen LogP contribution >= 0.6 is 0 Å². The molecule has 0 amide bonds. The fraction of sp³-hybridized carbons (Fsp3) is 0.333. The van der Waals surface area contributed by atoms with Gasteiger partial charge < -0.3 is 4.74 Å². The molecule has 1 unspecified atom stereocenters. The predicted molar refractivity (Wildman–Crippen MR) is 40.0 cm³/mol. The molecule has 0 bridgehead atoms. The summed E-state index contributed by atoms with van der Waals surface area (Å²) in [7, 11) is 0. The average molecular weight is 149 g/mol. The van der Waals surface area contributed by atoms with Crippen LogP contribution in [-0.2, 0) is 16.3 Å². The molecule has 0 N–H and O–H groups in total. The molecule has 1 saturated heterocycles. The van der Waals surface area contributed by atoms with Crippen LogP contribution in [0.25, 0.3) is 0 Å². The fourth-order valence-corrected chi connectivity index (χ4v) is 1.07. The zero-order valence-corrected chi connectivity index (χ0v) is 6.12. The fourth-order valence-electron chi connectivity index (χ4n) is 1.07. The van der Waals surface area contributed by atoms with Crippen LogP contribution < -0.4 is 0 Å². The highest BCUT2D eigenvalue weighted by Gasteiger charge is 2.22. The van der Waals surface area contributed by atoms with Crippen molar-refractivity contribution in [3.63, 3.8) is 0 Å². The molecule has 57 valence electrons. The van der Waals surface area contributed by atoms with E-state index in [4.69, 9.17) is 4.74 Å². The Morgan fingerprint density at radius 2 is 2.00 bits per heavy atom. The third kappa shape index (κ3) is 1.71. The Hall–Kier alpha value is -1.02. The van der Waals surface area contributed by atoms with E-state index in [0.29, 0.717) is 6.10 Å². The van der Waals surface area contributed by atoms with Gasteiger partial charge in [0.25, 0.3) is 0 Å². The van der Waals surface area contributed by atoms with E-state index in [2.05, 4.69) is 0 Å². The number of epoxide rings is 1. The first kappa shape index (κ1) is 6.68. The average Bonchev–Trinajstić information content (AvgIpc) is 2.78. The minimum atomic E-state index is 0.0745. The molecule has 1 aliphatic heterocycles. The lowest BCUT2D eigenvalue weighted by Gasteiger charge is -1.95. The van der Waals surface area contributed by atoms with E-state index >= 15 is 0 Å². The summed E-state index contributed by atoms with van der Waals surface area (Å²) in [5, 5.41) is 10.7. The second kappa shape index (κ2) is 2.55. The molecule has 0 aromatic heterocycles. The normalized spacial score (nSPS) is 21.6. The van der Waals surface area contributed by atoms with Crippen molar-refractivity contribution >= 4 is 0 Å². The first-order valence-corrected chi connectivity index (χ1v) is 3.72. The van der Waals surface area contributed by atoms with Crippen molar-refractivity contribution in [1.29, 1.82) is 0 Å². The van der Waals surface area contributed by atoms with E-state index in [9.17, 15) is 5.11 Å². The van der Waals surface area contributed by atoms with Crippen LogP contribution in [0.1, 0.15) is 5.56 Å². The molecule has 1 heterocycles. The molecule has 0 aliphatic carbocycles. The second-order valence-corrected chi connectivity index (χ2v) is 2.80. The summed E-state index contributed by atoms with van der Waals surface area (Å²) in [6.07, 6.45) is 1.35. The van der Waals surface area contributed by atoms with Gasteiger partial charge in [-0.05, 0) is 17.7 Å². The van der Waals surface area contributed by atoms with E-state index in [1.807, 2.05) is 12.1 Å². The third-order valence-corrected chi connectivity index (χ3v) is 1.79. The molecule has 1 aromatic rings. The van der Waals surface area contributed by atoms with Crippen molar-refractivity contribution in [2.45, 2.75) is 12.5 Å². The maximum Gasteiger partial charge on any atom is 0.178 e. The lowest BCUT2D eigenvalue weighted by molar-refractivity contribution is 0.354. The lowest BCUT2D eigenvalue weighted by Crippen LogP contribution is -1.91. The molecule has 0 saturated carbocycles. The number of hydrogen-bond acceptors (Lipinski definition) is 1. The molecule has 2 heteroatoms. The van der Waals surface area contributed by atoms with Gasteiger partial charge >= 0.3 is 0 Å². The highest BCUT2D eigenvalue weighted by Crippen LogP contribution is 2.18. The minimum Gasteiger partial charge on any atom is -0.373 e. The first-order valence-electron chi connectivity index (χ1n) is 3.72. The van der Waals surface area contributed by atoms with Gasteiger partial charge in [0.05, 0.1) is 12.7 Å². The Kier molecular flexibility index (Phi) is 1.55. The van der Waals surface area contributed by atoms with Gasteiger partial charge in [0.15, 0.2) is 5.75 Å². The van der Waals surface area contributed by atoms with Crippen LogP contribution in [-0.4, -0.2) is 12.7 Å². The molecule has 2 nitrogen and oxygen atoms in total. The van der Waals surface area contributed by atoms with Crippen molar-refractivity contribution in [2.75, 3.05) is 6.61 Å². The van der Waals surface area contributed by atoms with Gasteiger partial charge in [-0.1, -0.05) is 12.1 Å². The Morgan fingerprint density at radius 1 is 1.36 bits per heavy atom. The van der Waals surface area contributed by atoms with Crippen molar-refractivity contribution in [1.82, 2.24) is 0 Å². The maximum absolute atomic E-state index is 10.7. The Balaban J connectivity index is 2.06. The number of hydrogen-bond donors (Lipinski definition) is 0. The van der Waals surface area contributed by atoms with Crippen LogP contribution in [0.5, 0.6) is 5.75 Å². The van der Waals surface area contributed by atoms with E-state index in [-0.39, 0.29) is 5.75 Å². The summed E-state index contributed by atoms with van der Waals surface area (Å²) in [6.45, 7) is 0.874. The number of rotatable bonds is 2. The van der Waals surface area contributed by atoms with Gasteiger partial charge in [0.1, 0.15) is 0 Å². The molecule has 1 aromatic carbocycles. The zero-order valence-electron chi connectivity index (χ0n) is 6.12. The molecule has 1 fully saturated rings. The van der Waals surface area contributed by atoms with E-state index < -0.39 is 0 Å². The molecule has 1 aliphatic rings. The molecule has 2 rings (SSSR count). The third-order valence-electron chi connectivity index (χ3n) is 1.79. The maximum atomic E-state index is 10.7. The van der Waals surface area contributed by atoms with Crippen molar-refractivity contribution in [3.05, 3.63) is 29.8 Å². The summed E-state index contributed by atoms with van der Waals surface area (Å²) in [6, 6.07) is 6.92. The monoisotopic (exact) mass is 149 g/mol. The predicted octanol–water partition coefficient (Wildman–Crippen LogP) is 1.77. The molecular formula is C9H9O2. The SMILES string of the molecule is [O]c1ccc(CC2CO2)cc1. The topological polar surface area (TPSA) is 32.4 Å². The van der Waals surface area contributed by atoms with Crippen LogP contribution in [0.15, 0.2) is 24.3 Å². The number of benzene rings is 1. The van der Waals surface area contributed by atoms with Gasteiger partial charge in [-0.15, -0.1) is 0 Å². The second-order valence-electron chi connectivity index (χ2n) is 2.80. The molecule has 11 heavy (non-hydrogen) atoms. The summed E-state index contributed by atoms with van der Waals surface area (Å²) in [5.74, 6) is 0.0745. The molecule has 1 radical (unpaired) electrons. The van der Waals surface area contributed by atoms with Crippen molar-refractivity contribution < 1.29 is 9.84 Å². The van der Waals surface area contributed by atoms with Gasteiger partial charge in [0, 0.05) is 6.42 Å². The first-order chi connectivity index (χ1) is 5.34. The van der Waals surface area contributed by atoms with E-state index in [0.717, 1.165) is 13.0 Å². The lowest BCUT2D eigenvalue weighted by atomic mass is 10.1. The van der Waals surface area contributed by atoms with Crippen LogP contribution in [0, 0.1) is 0 Å².